The summed E-state index contributed by atoms with van der Waals surface area (Å²) >= 11 is 0.914. The van der Waals surface area contributed by atoms with Crippen LogP contribution in [-0.2, 0) is 11.3 Å². The lowest BCUT2D eigenvalue weighted by Gasteiger charge is -2.14. The van der Waals surface area contributed by atoms with E-state index in [0.717, 1.165) is 11.3 Å². The molecule has 32 heavy (non-hydrogen) atoms. The van der Waals surface area contributed by atoms with Crippen LogP contribution in [0, 0.1) is 0 Å². The number of ether oxygens (including phenoxy) is 2. The Balaban J connectivity index is 1.79. The summed E-state index contributed by atoms with van der Waals surface area (Å²) in [7, 11) is 0. The zero-order chi connectivity index (χ0) is 23.3. The molecule has 0 spiro atoms. The lowest BCUT2D eigenvalue weighted by atomic mass is 10.1. The Bertz CT molecular complexity index is 1130. The van der Waals surface area contributed by atoms with Crippen LogP contribution in [0.25, 0.3) is 10.4 Å². The maximum absolute atomic E-state index is 12.6. The number of hydrogen-bond donors (Lipinski definition) is 3. The van der Waals surface area contributed by atoms with E-state index in [1.165, 1.54) is 24.3 Å². The normalized spacial score (nSPS) is 11.1. The zero-order valence-electron chi connectivity index (χ0n) is 16.2. The molecular weight excluding hydrogens is 451 g/mol. The summed E-state index contributed by atoms with van der Waals surface area (Å²) in [5.74, 6) is -2.86. The van der Waals surface area contributed by atoms with Crippen molar-refractivity contribution in [3.8, 4) is 21.9 Å². The van der Waals surface area contributed by atoms with Crippen LogP contribution < -0.4 is 14.8 Å². The van der Waals surface area contributed by atoms with Gasteiger partial charge in [-0.05, 0) is 29.8 Å². The predicted molar refractivity (Wildman–Crippen MR) is 110 cm³/mol. The standard InChI is InChI=1S/C21H16F3NO6S/c22-21(23,24)31-15-7-2-1-4-13(15)10-25-14-6-3-5-12(8-14)17-9-16(30-11-18(26)27)19(32-17)20(28)29/h1-9,25H,10-11H2,(H,26,27)(H,28,29). The van der Waals surface area contributed by atoms with Gasteiger partial charge < -0.3 is 25.0 Å². The number of carboxylic acids is 2. The van der Waals surface area contributed by atoms with Crippen molar-refractivity contribution < 1.29 is 42.4 Å². The lowest BCUT2D eigenvalue weighted by molar-refractivity contribution is -0.274. The van der Waals surface area contributed by atoms with E-state index in [1.807, 2.05) is 0 Å². The van der Waals surface area contributed by atoms with Crippen molar-refractivity contribution in [2.45, 2.75) is 12.9 Å². The second kappa shape index (κ2) is 9.60. The molecule has 0 saturated heterocycles. The molecular formula is C21H16F3NO6S. The van der Waals surface area contributed by atoms with Crippen molar-refractivity contribution in [1.82, 2.24) is 0 Å². The number of halogens is 3. The summed E-state index contributed by atoms with van der Waals surface area (Å²) < 4.78 is 46.9. The number of aliphatic carboxylic acids is 1. The Morgan fingerprint density at radius 2 is 1.75 bits per heavy atom. The molecule has 0 aliphatic heterocycles. The minimum absolute atomic E-state index is 0.0491. The number of rotatable bonds is 9. The third-order valence-corrected chi connectivity index (χ3v) is 5.23. The first-order chi connectivity index (χ1) is 15.1. The van der Waals surface area contributed by atoms with Crippen LogP contribution in [0.15, 0.2) is 54.6 Å². The van der Waals surface area contributed by atoms with Gasteiger partial charge in [0, 0.05) is 22.7 Å². The first kappa shape index (κ1) is 22.9. The molecule has 0 unspecified atom stereocenters. The van der Waals surface area contributed by atoms with Gasteiger partial charge in [-0.3, -0.25) is 0 Å². The third kappa shape index (κ3) is 6.14. The lowest BCUT2D eigenvalue weighted by Crippen LogP contribution is -2.18. The van der Waals surface area contributed by atoms with E-state index in [4.69, 9.17) is 9.84 Å². The number of hydrogen-bond acceptors (Lipinski definition) is 6. The van der Waals surface area contributed by atoms with Crippen LogP contribution in [-0.4, -0.2) is 35.1 Å². The van der Waals surface area contributed by atoms with Gasteiger partial charge in [0.2, 0.25) is 0 Å². The molecule has 1 heterocycles. The number of benzene rings is 2. The van der Waals surface area contributed by atoms with Crippen molar-refractivity contribution in [3.05, 3.63) is 65.0 Å². The van der Waals surface area contributed by atoms with Gasteiger partial charge in [0.1, 0.15) is 11.5 Å². The number of aromatic carboxylic acids is 1. The molecule has 3 N–H and O–H groups in total. The summed E-state index contributed by atoms with van der Waals surface area (Å²) in [5, 5.41) is 21.1. The molecule has 0 amide bonds. The fourth-order valence-corrected chi connectivity index (χ4v) is 3.70. The zero-order valence-corrected chi connectivity index (χ0v) is 17.0. The molecule has 0 bridgehead atoms. The Hall–Kier alpha value is -3.73. The highest BCUT2D eigenvalue weighted by molar-refractivity contribution is 7.17. The van der Waals surface area contributed by atoms with Gasteiger partial charge in [0.15, 0.2) is 11.5 Å². The number of carboxylic acid groups (broad SMARTS) is 2. The van der Waals surface area contributed by atoms with Gasteiger partial charge in [-0.25, -0.2) is 9.59 Å². The number of carbonyl (C=O) groups is 2. The minimum atomic E-state index is -4.81. The predicted octanol–water partition coefficient (Wildman–Crippen LogP) is 5.09. The summed E-state index contributed by atoms with van der Waals surface area (Å²) in [5.41, 5.74) is 1.49. The highest BCUT2D eigenvalue weighted by atomic mass is 32.1. The van der Waals surface area contributed by atoms with E-state index in [-0.39, 0.29) is 22.9 Å². The van der Waals surface area contributed by atoms with Crippen LogP contribution in [0.5, 0.6) is 11.5 Å². The number of thiophene rings is 1. The fourth-order valence-electron chi connectivity index (χ4n) is 2.77. The quantitative estimate of drug-likeness (QED) is 0.403. The molecule has 0 aliphatic carbocycles. The first-order valence-electron chi connectivity index (χ1n) is 9.02. The smallest absolute Gasteiger partial charge is 0.480 e. The van der Waals surface area contributed by atoms with Crippen molar-refractivity contribution in [2.75, 3.05) is 11.9 Å². The minimum Gasteiger partial charge on any atom is -0.480 e. The van der Waals surface area contributed by atoms with Gasteiger partial charge in [-0.2, -0.15) is 0 Å². The first-order valence-corrected chi connectivity index (χ1v) is 9.83. The molecule has 1 aromatic heterocycles. The van der Waals surface area contributed by atoms with Crippen molar-refractivity contribution in [2.24, 2.45) is 0 Å². The molecule has 168 valence electrons. The second-order valence-electron chi connectivity index (χ2n) is 6.38. The highest BCUT2D eigenvalue weighted by Crippen LogP contribution is 2.37. The van der Waals surface area contributed by atoms with Crippen LogP contribution in [0.1, 0.15) is 15.2 Å². The molecule has 0 saturated carbocycles. The van der Waals surface area contributed by atoms with Crippen LogP contribution in [0.2, 0.25) is 0 Å². The number of anilines is 1. The second-order valence-corrected chi connectivity index (χ2v) is 7.43. The monoisotopic (exact) mass is 467 g/mol. The largest absolute Gasteiger partial charge is 0.573 e. The topological polar surface area (TPSA) is 105 Å². The molecule has 7 nitrogen and oxygen atoms in total. The van der Waals surface area contributed by atoms with E-state index in [9.17, 15) is 27.9 Å². The molecule has 2 aromatic carbocycles. The van der Waals surface area contributed by atoms with E-state index in [2.05, 4.69) is 10.1 Å². The van der Waals surface area contributed by atoms with Crippen molar-refractivity contribution >= 4 is 29.0 Å². The van der Waals surface area contributed by atoms with Gasteiger partial charge in [0.05, 0.1) is 0 Å². The fraction of sp³-hybridized carbons (Fsp3) is 0.143. The Morgan fingerprint density at radius 1 is 1.00 bits per heavy atom. The Kier molecular flexibility index (Phi) is 6.89. The molecule has 0 radical (unpaired) electrons. The number of para-hydroxylation sites is 1. The van der Waals surface area contributed by atoms with Crippen molar-refractivity contribution in [3.63, 3.8) is 0 Å². The number of alkyl halides is 3. The van der Waals surface area contributed by atoms with E-state index >= 15 is 0 Å². The summed E-state index contributed by atoms with van der Waals surface area (Å²) in [6, 6.07) is 14.0. The van der Waals surface area contributed by atoms with Crippen molar-refractivity contribution in [1.29, 1.82) is 0 Å². The number of nitrogens with one attached hydrogen (secondary N) is 1. The SMILES string of the molecule is O=C(O)COc1cc(-c2cccc(NCc3ccccc3OC(F)(F)F)c2)sc1C(=O)O. The van der Waals surface area contributed by atoms with E-state index < -0.39 is 24.9 Å². The van der Waals surface area contributed by atoms with Crippen LogP contribution >= 0.6 is 11.3 Å². The maximum atomic E-state index is 12.6. The summed E-state index contributed by atoms with van der Waals surface area (Å²) in [6.45, 7) is -0.634. The average Bonchev–Trinajstić information content (AvgIpc) is 3.15. The Labute approximate surface area is 183 Å². The van der Waals surface area contributed by atoms with Crippen LogP contribution in [0.3, 0.4) is 0 Å². The average molecular weight is 467 g/mol. The van der Waals surface area contributed by atoms with E-state index in [0.29, 0.717) is 21.7 Å². The van der Waals surface area contributed by atoms with Gasteiger partial charge in [-0.1, -0.05) is 30.3 Å². The van der Waals surface area contributed by atoms with Gasteiger partial charge >= 0.3 is 18.3 Å². The summed E-state index contributed by atoms with van der Waals surface area (Å²) in [6.07, 6.45) is -4.81. The van der Waals surface area contributed by atoms with E-state index in [1.54, 1.807) is 30.3 Å². The molecule has 3 aromatic rings. The van der Waals surface area contributed by atoms with Gasteiger partial charge in [0.25, 0.3) is 0 Å². The molecule has 0 aliphatic rings. The Morgan fingerprint density at radius 3 is 2.44 bits per heavy atom. The highest BCUT2D eigenvalue weighted by Gasteiger charge is 2.31. The molecule has 0 atom stereocenters. The van der Waals surface area contributed by atoms with Gasteiger partial charge in [-0.15, -0.1) is 24.5 Å². The van der Waals surface area contributed by atoms with Crippen LogP contribution in [0.4, 0.5) is 18.9 Å². The molecule has 3 rings (SSSR count). The maximum Gasteiger partial charge on any atom is 0.573 e. The molecule has 11 heteroatoms. The third-order valence-electron chi connectivity index (χ3n) is 4.07. The molecule has 0 fully saturated rings. The summed E-state index contributed by atoms with van der Waals surface area (Å²) in [4.78, 5) is 22.5.